The van der Waals surface area contributed by atoms with Crippen LogP contribution < -0.4 is 5.32 Å². The van der Waals surface area contributed by atoms with Crippen LogP contribution in [0.5, 0.6) is 0 Å². The number of hydrogen-bond donors (Lipinski definition) is 1. The van der Waals surface area contributed by atoms with Crippen molar-refractivity contribution < 1.29 is 4.42 Å². The summed E-state index contributed by atoms with van der Waals surface area (Å²) in [6, 6.07) is 18.5. The summed E-state index contributed by atoms with van der Waals surface area (Å²) < 4.78 is 5.97. The molecule has 0 aliphatic heterocycles. The van der Waals surface area contributed by atoms with E-state index in [1.165, 1.54) is 5.56 Å². The molecule has 0 unspecified atom stereocenters. The third-order valence-corrected chi connectivity index (χ3v) is 4.11. The summed E-state index contributed by atoms with van der Waals surface area (Å²) in [5.41, 5.74) is 3.82. The second-order valence-electron chi connectivity index (χ2n) is 5.91. The first-order valence-electron chi connectivity index (χ1n) is 8.25. The van der Waals surface area contributed by atoms with Gasteiger partial charge in [-0.1, -0.05) is 42.5 Å². The molecule has 0 bridgehead atoms. The molecule has 0 amide bonds. The molecule has 24 heavy (non-hydrogen) atoms. The highest BCUT2D eigenvalue weighted by atomic mass is 16.3. The van der Waals surface area contributed by atoms with Crippen molar-refractivity contribution in [2.24, 2.45) is 0 Å². The first-order valence-corrected chi connectivity index (χ1v) is 8.25. The molecular weight excluding hydrogens is 298 g/mol. The van der Waals surface area contributed by atoms with Crippen LogP contribution in [0.4, 0.5) is 5.82 Å². The van der Waals surface area contributed by atoms with E-state index >= 15 is 0 Å². The Morgan fingerprint density at radius 3 is 2.62 bits per heavy atom. The molecule has 0 fully saturated rings. The average molecular weight is 317 g/mol. The summed E-state index contributed by atoms with van der Waals surface area (Å²) in [6.07, 6.45) is 2.08. The van der Waals surface area contributed by atoms with Gasteiger partial charge in [0.15, 0.2) is 11.4 Å². The van der Waals surface area contributed by atoms with Crippen LogP contribution in [0.1, 0.15) is 17.8 Å². The number of hydrogen-bond acceptors (Lipinski definition) is 4. The number of nitrogens with zero attached hydrogens (tertiary/aromatic N) is 2. The summed E-state index contributed by atoms with van der Waals surface area (Å²) in [7, 11) is 0. The second kappa shape index (κ2) is 6.32. The molecule has 4 heteroatoms. The van der Waals surface area contributed by atoms with E-state index in [2.05, 4.69) is 39.6 Å². The van der Waals surface area contributed by atoms with Crippen molar-refractivity contribution >= 4 is 27.9 Å². The van der Waals surface area contributed by atoms with Crippen LogP contribution in [0.15, 0.2) is 59.0 Å². The lowest BCUT2D eigenvalue weighted by Gasteiger charge is -2.07. The minimum atomic E-state index is 0.738. The zero-order valence-corrected chi connectivity index (χ0v) is 13.6. The number of aromatic nitrogens is 2. The highest BCUT2D eigenvalue weighted by Crippen LogP contribution is 2.30. The van der Waals surface area contributed by atoms with Gasteiger partial charge in [0.05, 0.1) is 0 Å². The standard InChI is InChI=1S/C20H19N3O/c1-14-22-18-16-11-5-6-12-17(16)24-19(18)20(23-14)21-13-7-10-15-8-3-2-4-9-15/h2-6,8-9,11-12H,7,10,13H2,1H3,(H,21,22,23). The summed E-state index contributed by atoms with van der Waals surface area (Å²) >= 11 is 0. The van der Waals surface area contributed by atoms with Gasteiger partial charge in [-0.05, 0) is 37.5 Å². The molecule has 0 atom stereocenters. The summed E-state index contributed by atoms with van der Waals surface area (Å²) in [4.78, 5) is 9.08. The number of fused-ring (bicyclic) bond motifs is 3. The summed E-state index contributed by atoms with van der Waals surface area (Å²) in [5, 5.41) is 4.45. The second-order valence-corrected chi connectivity index (χ2v) is 5.91. The molecule has 2 aromatic heterocycles. The maximum atomic E-state index is 5.97. The Balaban J connectivity index is 1.55. The Kier molecular flexibility index (Phi) is 3.87. The highest BCUT2D eigenvalue weighted by Gasteiger charge is 2.13. The van der Waals surface area contributed by atoms with Gasteiger partial charge in [0.1, 0.15) is 16.9 Å². The van der Waals surface area contributed by atoms with Gasteiger partial charge in [-0.25, -0.2) is 9.97 Å². The van der Waals surface area contributed by atoms with Crippen molar-refractivity contribution in [3.05, 3.63) is 66.0 Å². The van der Waals surface area contributed by atoms with Crippen LogP contribution in [0.3, 0.4) is 0 Å². The lowest BCUT2D eigenvalue weighted by atomic mass is 10.1. The quantitative estimate of drug-likeness (QED) is 0.541. The molecule has 0 saturated heterocycles. The van der Waals surface area contributed by atoms with E-state index in [0.717, 1.165) is 53.1 Å². The normalized spacial score (nSPS) is 11.2. The van der Waals surface area contributed by atoms with E-state index in [4.69, 9.17) is 4.42 Å². The number of rotatable bonds is 5. The number of benzene rings is 2. The molecule has 2 heterocycles. The Morgan fingerprint density at radius 1 is 0.958 bits per heavy atom. The third kappa shape index (κ3) is 2.83. The summed E-state index contributed by atoms with van der Waals surface area (Å²) in [6.45, 7) is 2.76. The van der Waals surface area contributed by atoms with Crippen molar-refractivity contribution in [1.82, 2.24) is 9.97 Å². The van der Waals surface area contributed by atoms with Gasteiger partial charge < -0.3 is 9.73 Å². The molecule has 1 N–H and O–H groups in total. The fourth-order valence-corrected chi connectivity index (χ4v) is 2.97. The van der Waals surface area contributed by atoms with Crippen molar-refractivity contribution in [3.63, 3.8) is 0 Å². The zero-order valence-electron chi connectivity index (χ0n) is 13.6. The first-order chi connectivity index (χ1) is 11.8. The zero-order chi connectivity index (χ0) is 16.4. The Morgan fingerprint density at radius 2 is 1.75 bits per heavy atom. The van der Waals surface area contributed by atoms with E-state index in [0.29, 0.717) is 0 Å². The van der Waals surface area contributed by atoms with E-state index in [-0.39, 0.29) is 0 Å². The molecule has 120 valence electrons. The minimum absolute atomic E-state index is 0.738. The van der Waals surface area contributed by atoms with Crippen molar-refractivity contribution in [2.75, 3.05) is 11.9 Å². The van der Waals surface area contributed by atoms with Crippen LogP contribution in [0, 0.1) is 6.92 Å². The number of nitrogens with one attached hydrogen (secondary N) is 1. The first kappa shape index (κ1) is 14.7. The largest absolute Gasteiger partial charge is 0.450 e. The van der Waals surface area contributed by atoms with E-state index in [1.807, 2.05) is 37.3 Å². The predicted molar refractivity (Wildman–Crippen MR) is 97.3 cm³/mol. The molecule has 0 aliphatic rings. The van der Waals surface area contributed by atoms with Crippen LogP contribution in [0.2, 0.25) is 0 Å². The Bertz CT molecular complexity index is 976. The van der Waals surface area contributed by atoms with Gasteiger partial charge >= 0.3 is 0 Å². The van der Waals surface area contributed by atoms with E-state index in [1.54, 1.807) is 0 Å². The van der Waals surface area contributed by atoms with Crippen molar-refractivity contribution in [3.8, 4) is 0 Å². The van der Waals surface area contributed by atoms with Gasteiger partial charge in [-0.2, -0.15) is 0 Å². The smallest absolute Gasteiger partial charge is 0.196 e. The fourth-order valence-electron chi connectivity index (χ4n) is 2.97. The van der Waals surface area contributed by atoms with Gasteiger partial charge in [0, 0.05) is 11.9 Å². The SMILES string of the molecule is Cc1nc(NCCCc2ccccc2)c2oc3ccccc3c2n1. The average Bonchev–Trinajstić information content (AvgIpc) is 2.98. The number of para-hydroxylation sites is 1. The van der Waals surface area contributed by atoms with Crippen LogP contribution >= 0.6 is 0 Å². The maximum Gasteiger partial charge on any atom is 0.196 e. The topological polar surface area (TPSA) is 51.0 Å². The van der Waals surface area contributed by atoms with Crippen LogP contribution in [0.25, 0.3) is 22.1 Å². The van der Waals surface area contributed by atoms with Gasteiger partial charge in [0.2, 0.25) is 0 Å². The molecule has 2 aromatic carbocycles. The maximum absolute atomic E-state index is 5.97. The van der Waals surface area contributed by atoms with Gasteiger partial charge in [-0.3, -0.25) is 0 Å². The molecular formula is C20H19N3O. The molecule has 4 aromatic rings. The van der Waals surface area contributed by atoms with Crippen LogP contribution in [-0.2, 0) is 6.42 Å². The highest BCUT2D eigenvalue weighted by molar-refractivity contribution is 6.05. The van der Waals surface area contributed by atoms with E-state index < -0.39 is 0 Å². The molecule has 4 rings (SSSR count). The monoisotopic (exact) mass is 317 g/mol. The minimum Gasteiger partial charge on any atom is -0.450 e. The number of aryl methyl sites for hydroxylation is 2. The van der Waals surface area contributed by atoms with Gasteiger partial charge in [-0.15, -0.1) is 0 Å². The molecule has 0 saturated carbocycles. The van der Waals surface area contributed by atoms with Crippen LogP contribution in [-0.4, -0.2) is 16.5 Å². The number of anilines is 1. The lowest BCUT2D eigenvalue weighted by Crippen LogP contribution is -2.06. The van der Waals surface area contributed by atoms with Gasteiger partial charge in [0.25, 0.3) is 0 Å². The Labute approximate surface area is 140 Å². The molecule has 0 spiro atoms. The van der Waals surface area contributed by atoms with Crippen molar-refractivity contribution in [1.29, 1.82) is 0 Å². The lowest BCUT2D eigenvalue weighted by molar-refractivity contribution is 0.665. The molecule has 0 aliphatic carbocycles. The van der Waals surface area contributed by atoms with Crippen molar-refractivity contribution in [2.45, 2.75) is 19.8 Å². The number of furan rings is 1. The third-order valence-electron chi connectivity index (χ3n) is 4.11. The Hall–Kier alpha value is -2.88. The molecule has 0 radical (unpaired) electrons. The van der Waals surface area contributed by atoms with E-state index in [9.17, 15) is 0 Å². The fraction of sp³-hybridized carbons (Fsp3) is 0.200. The summed E-state index contributed by atoms with van der Waals surface area (Å²) in [5.74, 6) is 1.53. The molecule has 4 nitrogen and oxygen atoms in total. The predicted octanol–water partition coefficient (Wildman–Crippen LogP) is 4.73.